The predicted octanol–water partition coefficient (Wildman–Crippen LogP) is 2.57. The lowest BCUT2D eigenvalue weighted by Crippen LogP contribution is -2.41. The minimum Gasteiger partial charge on any atom is -0.473 e. The van der Waals surface area contributed by atoms with Crippen molar-refractivity contribution in [2.75, 3.05) is 13.6 Å². The topological polar surface area (TPSA) is 25.4 Å². The predicted molar refractivity (Wildman–Crippen MR) is 62.8 cm³/mol. The molecular weight excluding hydrogens is 257 g/mol. The summed E-state index contributed by atoms with van der Waals surface area (Å²) < 4.78 is 43.0. The number of fused-ring (bicyclic) bond motifs is 2. The van der Waals surface area contributed by atoms with Gasteiger partial charge in [-0.05, 0) is 31.9 Å². The highest BCUT2D eigenvalue weighted by Gasteiger charge is 2.44. The van der Waals surface area contributed by atoms with E-state index in [4.69, 9.17) is 4.74 Å². The first-order valence-corrected chi connectivity index (χ1v) is 6.33. The summed E-state index contributed by atoms with van der Waals surface area (Å²) in [5, 5.41) is 0. The molecule has 2 fully saturated rings. The van der Waals surface area contributed by atoms with Crippen molar-refractivity contribution in [2.45, 2.75) is 31.2 Å². The van der Waals surface area contributed by atoms with E-state index < -0.39 is 11.7 Å². The molecule has 104 valence electrons. The van der Waals surface area contributed by atoms with Crippen LogP contribution in [0, 0.1) is 5.92 Å². The van der Waals surface area contributed by atoms with Gasteiger partial charge in [-0.15, -0.1) is 0 Å². The fourth-order valence-electron chi connectivity index (χ4n) is 3.13. The van der Waals surface area contributed by atoms with Crippen molar-refractivity contribution in [1.82, 2.24) is 9.88 Å². The van der Waals surface area contributed by atoms with Crippen molar-refractivity contribution >= 4 is 0 Å². The Morgan fingerprint density at radius 1 is 1.32 bits per heavy atom. The van der Waals surface area contributed by atoms with Gasteiger partial charge in [0.15, 0.2) is 0 Å². The van der Waals surface area contributed by atoms with Crippen molar-refractivity contribution in [1.29, 1.82) is 0 Å². The zero-order valence-corrected chi connectivity index (χ0v) is 10.5. The lowest BCUT2D eigenvalue weighted by Gasteiger charge is -2.30. The second-order valence-corrected chi connectivity index (χ2v) is 5.38. The number of aromatic nitrogens is 1. The summed E-state index contributed by atoms with van der Waals surface area (Å²) in [6.07, 6.45) is -1.39. The molecule has 3 unspecified atom stereocenters. The van der Waals surface area contributed by atoms with Gasteiger partial charge in [-0.2, -0.15) is 13.2 Å². The Hall–Kier alpha value is -1.30. The fourth-order valence-corrected chi connectivity index (χ4v) is 3.13. The van der Waals surface area contributed by atoms with Crippen LogP contribution in [0.4, 0.5) is 13.2 Å². The van der Waals surface area contributed by atoms with Crippen molar-refractivity contribution in [3.05, 3.63) is 23.9 Å². The van der Waals surface area contributed by atoms with Gasteiger partial charge in [0.25, 0.3) is 0 Å². The summed E-state index contributed by atoms with van der Waals surface area (Å²) in [5.41, 5.74) is -0.745. The number of pyridine rings is 1. The highest BCUT2D eigenvalue weighted by atomic mass is 19.4. The molecule has 6 heteroatoms. The van der Waals surface area contributed by atoms with E-state index in [1.54, 1.807) is 0 Å². The number of likely N-dealkylation sites (tertiary alicyclic amines) is 1. The van der Waals surface area contributed by atoms with Crippen LogP contribution in [0.2, 0.25) is 0 Å². The van der Waals surface area contributed by atoms with Gasteiger partial charge < -0.3 is 4.74 Å². The number of nitrogens with zero attached hydrogens (tertiary/aromatic N) is 2. The largest absolute Gasteiger partial charge is 0.473 e. The molecule has 0 amide bonds. The van der Waals surface area contributed by atoms with Crippen LogP contribution in [0.1, 0.15) is 18.4 Å². The third-order valence-corrected chi connectivity index (χ3v) is 4.02. The SMILES string of the molecule is CN1CC2CC(Oc3ccc(C(F)(F)F)cn3)C1C2. The Labute approximate surface area is 109 Å². The molecule has 0 radical (unpaired) electrons. The summed E-state index contributed by atoms with van der Waals surface area (Å²) in [5.74, 6) is 0.924. The molecule has 0 spiro atoms. The van der Waals surface area contributed by atoms with Crippen molar-refractivity contribution in [2.24, 2.45) is 5.92 Å². The summed E-state index contributed by atoms with van der Waals surface area (Å²) >= 11 is 0. The molecule has 2 bridgehead atoms. The average Bonchev–Trinajstić information content (AvgIpc) is 2.87. The lowest BCUT2D eigenvalue weighted by atomic mass is 10.1. The highest BCUT2D eigenvalue weighted by Crippen LogP contribution is 2.38. The number of likely N-dealkylation sites (N-methyl/N-ethyl adjacent to an activating group) is 1. The van der Waals surface area contributed by atoms with Crippen LogP contribution in [0.25, 0.3) is 0 Å². The van der Waals surface area contributed by atoms with Gasteiger partial charge in [0.05, 0.1) is 5.56 Å². The van der Waals surface area contributed by atoms with Crippen molar-refractivity contribution < 1.29 is 17.9 Å². The number of alkyl halides is 3. The molecule has 1 aromatic heterocycles. The first-order chi connectivity index (χ1) is 8.93. The smallest absolute Gasteiger partial charge is 0.417 e. The quantitative estimate of drug-likeness (QED) is 0.827. The lowest BCUT2D eigenvalue weighted by molar-refractivity contribution is -0.137. The Morgan fingerprint density at radius 2 is 2.11 bits per heavy atom. The molecule has 19 heavy (non-hydrogen) atoms. The minimum atomic E-state index is -4.35. The molecule has 1 aliphatic carbocycles. The number of hydrogen-bond acceptors (Lipinski definition) is 3. The number of piperidine rings is 1. The van der Waals surface area contributed by atoms with Crippen LogP contribution in [0.5, 0.6) is 5.88 Å². The van der Waals surface area contributed by atoms with Gasteiger partial charge in [-0.1, -0.05) is 0 Å². The zero-order valence-electron chi connectivity index (χ0n) is 10.5. The summed E-state index contributed by atoms with van der Waals surface area (Å²) in [6, 6.07) is 2.68. The Morgan fingerprint density at radius 3 is 2.63 bits per heavy atom. The average molecular weight is 272 g/mol. The van der Waals surface area contributed by atoms with E-state index >= 15 is 0 Å². The highest BCUT2D eigenvalue weighted by molar-refractivity contribution is 5.20. The molecule has 3 nitrogen and oxygen atoms in total. The van der Waals surface area contributed by atoms with E-state index in [1.165, 1.54) is 6.07 Å². The molecule has 0 N–H and O–H groups in total. The van der Waals surface area contributed by atoms with Crippen LogP contribution < -0.4 is 4.74 Å². The number of ether oxygens (including phenoxy) is 1. The second-order valence-electron chi connectivity index (χ2n) is 5.38. The molecular formula is C13H15F3N2O. The van der Waals surface area contributed by atoms with E-state index in [1.807, 2.05) is 0 Å². The maximum absolute atomic E-state index is 12.4. The van der Waals surface area contributed by atoms with Crippen molar-refractivity contribution in [3.63, 3.8) is 0 Å². The van der Waals surface area contributed by atoms with Gasteiger partial charge in [0.2, 0.25) is 5.88 Å². The molecule has 1 saturated heterocycles. The molecule has 2 heterocycles. The first-order valence-electron chi connectivity index (χ1n) is 6.33. The van der Waals surface area contributed by atoms with E-state index in [0.717, 1.165) is 31.6 Å². The summed E-state index contributed by atoms with van der Waals surface area (Å²) in [6.45, 7) is 1.09. The maximum Gasteiger partial charge on any atom is 0.417 e. The molecule has 3 atom stereocenters. The number of hydrogen-bond donors (Lipinski definition) is 0. The fraction of sp³-hybridized carbons (Fsp3) is 0.615. The molecule has 3 rings (SSSR count). The van der Waals surface area contributed by atoms with Crippen LogP contribution in [0.15, 0.2) is 18.3 Å². The molecule has 0 aromatic carbocycles. The Kier molecular flexibility index (Phi) is 2.92. The van der Waals surface area contributed by atoms with Gasteiger partial charge in [-0.25, -0.2) is 4.98 Å². The van der Waals surface area contributed by atoms with Gasteiger partial charge >= 0.3 is 6.18 Å². The Bertz CT molecular complexity index is 460. The van der Waals surface area contributed by atoms with Gasteiger partial charge in [0.1, 0.15) is 6.10 Å². The van der Waals surface area contributed by atoms with Gasteiger partial charge in [-0.3, -0.25) is 4.90 Å². The Balaban J connectivity index is 1.68. The van der Waals surface area contributed by atoms with Crippen LogP contribution in [-0.4, -0.2) is 35.6 Å². The molecule has 2 aliphatic rings. The normalized spacial score (nSPS) is 30.8. The van der Waals surface area contributed by atoms with Crippen LogP contribution in [0.3, 0.4) is 0 Å². The monoisotopic (exact) mass is 272 g/mol. The zero-order chi connectivity index (χ0) is 13.6. The van der Waals surface area contributed by atoms with Crippen LogP contribution in [-0.2, 0) is 6.18 Å². The van der Waals surface area contributed by atoms with E-state index in [2.05, 4.69) is 16.9 Å². The maximum atomic E-state index is 12.4. The molecule has 1 aliphatic heterocycles. The van der Waals surface area contributed by atoms with Crippen LogP contribution >= 0.6 is 0 Å². The first kappa shape index (κ1) is 12.7. The van der Waals surface area contributed by atoms with Gasteiger partial charge in [0, 0.05) is 24.8 Å². The standard InChI is InChI=1S/C13H15F3N2O/c1-18-7-8-4-10(18)11(5-8)19-12-3-2-9(6-17-12)13(14,15)16/h2-3,6,8,10-11H,4-5,7H2,1H3. The van der Waals surface area contributed by atoms with E-state index in [-0.39, 0.29) is 12.0 Å². The third-order valence-electron chi connectivity index (χ3n) is 4.02. The van der Waals surface area contributed by atoms with Crippen molar-refractivity contribution in [3.8, 4) is 5.88 Å². The third kappa shape index (κ3) is 2.41. The van der Waals surface area contributed by atoms with E-state index in [0.29, 0.717) is 12.0 Å². The minimum absolute atomic E-state index is 0.0491. The van der Waals surface area contributed by atoms with E-state index in [9.17, 15) is 13.2 Å². The summed E-state index contributed by atoms with van der Waals surface area (Å²) in [4.78, 5) is 6.01. The molecule has 1 saturated carbocycles. The number of rotatable bonds is 2. The number of halogens is 3. The molecule has 1 aromatic rings. The second kappa shape index (κ2) is 4.37. The summed E-state index contributed by atoms with van der Waals surface area (Å²) in [7, 11) is 2.06.